The minimum absolute atomic E-state index is 0.0700. The fraction of sp³-hybridized carbons (Fsp3) is 0.857. The molecule has 1 amide bonds. The number of hydrogen-bond acceptors (Lipinski definition) is 1. The van der Waals surface area contributed by atoms with Gasteiger partial charge in [0.1, 0.15) is 0 Å². The third-order valence-electron chi connectivity index (χ3n) is 1.17. The fourth-order valence-corrected chi connectivity index (χ4v) is 0.746. The molecule has 60 valence electrons. The van der Waals surface area contributed by atoms with Crippen LogP contribution in [-0.4, -0.2) is 17.8 Å². The van der Waals surface area contributed by atoms with Gasteiger partial charge in [-0.1, -0.05) is 29.8 Å². The van der Waals surface area contributed by atoms with E-state index in [9.17, 15) is 4.79 Å². The Hall–Kier alpha value is -0.0500. The van der Waals surface area contributed by atoms with E-state index in [-0.39, 0.29) is 5.91 Å². The lowest BCUT2D eigenvalue weighted by atomic mass is 10.1. The maximum Gasteiger partial charge on any atom is 0.230 e. The molecule has 0 spiro atoms. The monoisotopic (exact) mass is 207 g/mol. The average molecular weight is 208 g/mol. The highest BCUT2D eigenvalue weighted by Crippen LogP contribution is 1.96. The summed E-state index contributed by atoms with van der Waals surface area (Å²) in [6.07, 6.45) is 1.05. The summed E-state index contributed by atoms with van der Waals surface area (Å²) in [6, 6.07) is 0. The Morgan fingerprint density at radius 3 is 2.60 bits per heavy atom. The van der Waals surface area contributed by atoms with Crippen molar-refractivity contribution < 1.29 is 4.79 Å². The Balaban J connectivity index is 3.12. The third-order valence-corrected chi connectivity index (χ3v) is 1.67. The molecule has 0 aromatic rings. The Morgan fingerprint density at radius 2 is 2.20 bits per heavy atom. The molecule has 0 atom stereocenters. The van der Waals surface area contributed by atoms with Crippen LogP contribution in [0.1, 0.15) is 20.3 Å². The molecule has 0 saturated carbocycles. The Morgan fingerprint density at radius 1 is 1.60 bits per heavy atom. The highest BCUT2D eigenvalue weighted by atomic mass is 79.9. The Kier molecular flexibility index (Phi) is 5.69. The standard InChI is InChI=1S/C7H14BrNO/c1-6(2)3-4-9-7(10)5-8/h6H,3-5H2,1-2H3,(H,9,10). The first-order valence-corrected chi connectivity index (χ1v) is 4.61. The highest BCUT2D eigenvalue weighted by Gasteiger charge is 1.97. The van der Waals surface area contributed by atoms with Crippen LogP contribution < -0.4 is 5.32 Å². The summed E-state index contributed by atoms with van der Waals surface area (Å²) in [5.74, 6) is 0.733. The molecule has 0 fully saturated rings. The summed E-state index contributed by atoms with van der Waals surface area (Å²) in [6.45, 7) is 5.07. The van der Waals surface area contributed by atoms with Crippen molar-refractivity contribution >= 4 is 21.8 Å². The summed E-state index contributed by atoms with van der Waals surface area (Å²) in [5.41, 5.74) is 0. The molecule has 0 aliphatic rings. The van der Waals surface area contributed by atoms with Gasteiger partial charge in [-0.05, 0) is 12.3 Å². The van der Waals surface area contributed by atoms with Crippen LogP contribution in [-0.2, 0) is 4.79 Å². The molecule has 0 aliphatic heterocycles. The number of amides is 1. The predicted molar refractivity (Wildman–Crippen MR) is 46.3 cm³/mol. The van der Waals surface area contributed by atoms with E-state index in [1.807, 2.05) is 0 Å². The number of hydrogen-bond donors (Lipinski definition) is 1. The van der Waals surface area contributed by atoms with Crippen LogP contribution in [0.25, 0.3) is 0 Å². The lowest BCUT2D eigenvalue weighted by molar-refractivity contribution is -0.118. The van der Waals surface area contributed by atoms with E-state index in [1.165, 1.54) is 0 Å². The van der Waals surface area contributed by atoms with E-state index in [0.717, 1.165) is 13.0 Å². The second kappa shape index (κ2) is 5.71. The molecular weight excluding hydrogens is 194 g/mol. The van der Waals surface area contributed by atoms with Gasteiger partial charge in [-0.25, -0.2) is 0 Å². The SMILES string of the molecule is CC(C)CCNC(=O)CBr. The first-order valence-electron chi connectivity index (χ1n) is 3.49. The molecule has 0 aliphatic carbocycles. The van der Waals surface area contributed by atoms with Gasteiger partial charge in [0.2, 0.25) is 5.91 Å². The van der Waals surface area contributed by atoms with Crippen LogP contribution in [0.15, 0.2) is 0 Å². The first-order chi connectivity index (χ1) is 4.66. The maximum atomic E-state index is 10.6. The number of halogens is 1. The van der Waals surface area contributed by atoms with E-state index in [2.05, 4.69) is 35.1 Å². The summed E-state index contributed by atoms with van der Waals surface area (Å²) >= 11 is 3.07. The minimum Gasteiger partial charge on any atom is -0.355 e. The summed E-state index contributed by atoms with van der Waals surface area (Å²) in [5, 5.41) is 3.19. The van der Waals surface area contributed by atoms with Crippen molar-refractivity contribution in [1.29, 1.82) is 0 Å². The van der Waals surface area contributed by atoms with Crippen LogP contribution in [0.2, 0.25) is 0 Å². The van der Waals surface area contributed by atoms with Crippen molar-refractivity contribution in [1.82, 2.24) is 5.32 Å². The van der Waals surface area contributed by atoms with Crippen molar-refractivity contribution in [3.05, 3.63) is 0 Å². The largest absolute Gasteiger partial charge is 0.355 e. The molecular formula is C7H14BrNO. The zero-order valence-corrected chi connectivity index (χ0v) is 8.07. The van der Waals surface area contributed by atoms with Crippen LogP contribution >= 0.6 is 15.9 Å². The van der Waals surface area contributed by atoms with Gasteiger partial charge in [0, 0.05) is 6.54 Å². The normalized spacial score (nSPS) is 10.0. The van der Waals surface area contributed by atoms with Gasteiger partial charge in [-0.2, -0.15) is 0 Å². The van der Waals surface area contributed by atoms with E-state index in [4.69, 9.17) is 0 Å². The minimum atomic E-state index is 0.0700. The summed E-state index contributed by atoms with van der Waals surface area (Å²) in [7, 11) is 0. The van der Waals surface area contributed by atoms with Gasteiger partial charge < -0.3 is 5.32 Å². The van der Waals surface area contributed by atoms with Crippen LogP contribution in [0.3, 0.4) is 0 Å². The van der Waals surface area contributed by atoms with Gasteiger partial charge in [0.05, 0.1) is 5.33 Å². The number of carbonyl (C=O) groups excluding carboxylic acids is 1. The Labute approximate surface area is 70.5 Å². The lowest BCUT2D eigenvalue weighted by Gasteiger charge is -2.04. The molecule has 0 aromatic carbocycles. The van der Waals surface area contributed by atoms with Crippen molar-refractivity contribution in [2.24, 2.45) is 5.92 Å². The first kappa shape index (κ1) is 9.95. The van der Waals surface area contributed by atoms with Crippen molar-refractivity contribution in [2.45, 2.75) is 20.3 Å². The van der Waals surface area contributed by atoms with Crippen molar-refractivity contribution in [2.75, 3.05) is 11.9 Å². The van der Waals surface area contributed by atoms with Crippen LogP contribution in [0.5, 0.6) is 0 Å². The number of alkyl halides is 1. The second-order valence-electron chi connectivity index (χ2n) is 2.67. The highest BCUT2D eigenvalue weighted by molar-refractivity contribution is 9.09. The molecule has 0 saturated heterocycles. The zero-order valence-electron chi connectivity index (χ0n) is 6.48. The molecule has 1 N–H and O–H groups in total. The average Bonchev–Trinajstić information content (AvgIpc) is 1.87. The van der Waals surface area contributed by atoms with Crippen LogP contribution in [0, 0.1) is 5.92 Å². The quantitative estimate of drug-likeness (QED) is 0.697. The molecule has 0 bridgehead atoms. The fourth-order valence-electron chi connectivity index (χ4n) is 0.548. The number of rotatable bonds is 4. The molecule has 10 heavy (non-hydrogen) atoms. The van der Waals surface area contributed by atoms with Crippen molar-refractivity contribution in [3.63, 3.8) is 0 Å². The van der Waals surface area contributed by atoms with E-state index in [0.29, 0.717) is 11.2 Å². The second-order valence-corrected chi connectivity index (χ2v) is 3.23. The van der Waals surface area contributed by atoms with E-state index in [1.54, 1.807) is 0 Å². The third kappa shape index (κ3) is 6.08. The molecule has 3 heteroatoms. The topological polar surface area (TPSA) is 29.1 Å². The van der Waals surface area contributed by atoms with E-state index < -0.39 is 0 Å². The van der Waals surface area contributed by atoms with Gasteiger partial charge in [-0.15, -0.1) is 0 Å². The zero-order chi connectivity index (χ0) is 7.98. The van der Waals surface area contributed by atoms with Crippen LogP contribution in [0.4, 0.5) is 0 Å². The summed E-state index contributed by atoms with van der Waals surface area (Å²) < 4.78 is 0. The summed E-state index contributed by atoms with van der Waals surface area (Å²) in [4.78, 5) is 10.6. The number of nitrogens with one attached hydrogen (secondary N) is 1. The molecule has 0 unspecified atom stereocenters. The lowest BCUT2D eigenvalue weighted by Crippen LogP contribution is -2.25. The van der Waals surface area contributed by atoms with Gasteiger partial charge >= 0.3 is 0 Å². The van der Waals surface area contributed by atoms with E-state index >= 15 is 0 Å². The molecule has 0 aromatic heterocycles. The van der Waals surface area contributed by atoms with Gasteiger partial charge in [-0.3, -0.25) is 4.79 Å². The smallest absolute Gasteiger partial charge is 0.230 e. The van der Waals surface area contributed by atoms with Crippen molar-refractivity contribution in [3.8, 4) is 0 Å². The molecule has 0 rings (SSSR count). The number of carbonyl (C=O) groups is 1. The Bertz CT molecular complexity index is 104. The van der Waals surface area contributed by atoms with Gasteiger partial charge in [0.15, 0.2) is 0 Å². The maximum absolute atomic E-state index is 10.6. The molecule has 2 nitrogen and oxygen atoms in total. The predicted octanol–water partition coefficient (Wildman–Crippen LogP) is 1.54. The molecule has 0 heterocycles. The van der Waals surface area contributed by atoms with Gasteiger partial charge in [0.25, 0.3) is 0 Å². The molecule has 0 radical (unpaired) electrons.